The Kier molecular flexibility index (Phi) is 8.97. The number of alkyl halides is 3. The maximum absolute atomic E-state index is 13.2. The van der Waals surface area contributed by atoms with Crippen molar-refractivity contribution in [2.24, 2.45) is 10.2 Å². The van der Waals surface area contributed by atoms with E-state index in [-0.39, 0.29) is 23.7 Å². The largest absolute Gasteiger partial charge is 0.516 e. The van der Waals surface area contributed by atoms with E-state index in [1.54, 1.807) is 71.5 Å². The molecule has 0 bridgehead atoms. The highest BCUT2D eigenvalue weighted by molar-refractivity contribution is 7.93. The van der Waals surface area contributed by atoms with Crippen molar-refractivity contribution in [3.8, 4) is 23.5 Å². The van der Waals surface area contributed by atoms with Gasteiger partial charge in [-0.3, -0.25) is 4.72 Å². The van der Waals surface area contributed by atoms with Crippen molar-refractivity contribution in [1.82, 2.24) is 15.0 Å². The molecule has 214 valence electrons. The highest BCUT2D eigenvalue weighted by atomic mass is 32.2. The Labute approximate surface area is 233 Å². The third-order valence-corrected chi connectivity index (χ3v) is 6.49. The predicted octanol–water partition coefficient (Wildman–Crippen LogP) is 6.98. The predicted molar refractivity (Wildman–Crippen MR) is 146 cm³/mol. The topological polar surface area (TPSA) is 131 Å². The van der Waals surface area contributed by atoms with E-state index in [0.29, 0.717) is 30.3 Å². The van der Waals surface area contributed by atoms with E-state index in [4.69, 9.17) is 9.47 Å². The SMILES string of the molecule is CCN(CC)c1ccc(N=Nc2nc(Oc3ccccc3)nc(Oc3ccccc3)n2)c(NS(=O)(=O)C(F)(F)F)c1. The number of hydrogen-bond donors (Lipinski definition) is 1. The molecule has 0 aliphatic carbocycles. The van der Waals surface area contributed by atoms with Gasteiger partial charge in [0.15, 0.2) is 0 Å². The zero-order chi connectivity index (χ0) is 29.5. The molecule has 0 fully saturated rings. The lowest BCUT2D eigenvalue weighted by Gasteiger charge is -2.22. The summed E-state index contributed by atoms with van der Waals surface area (Å²) >= 11 is 0. The smallest absolute Gasteiger partial charge is 0.424 e. The Morgan fingerprint density at radius 2 is 1.34 bits per heavy atom. The Hall–Kier alpha value is -4.79. The van der Waals surface area contributed by atoms with Gasteiger partial charge >= 0.3 is 27.6 Å². The normalized spacial score (nSPS) is 11.8. The summed E-state index contributed by atoms with van der Waals surface area (Å²) < 4.78 is 76.3. The fourth-order valence-electron chi connectivity index (χ4n) is 3.43. The van der Waals surface area contributed by atoms with Crippen molar-refractivity contribution in [1.29, 1.82) is 0 Å². The van der Waals surface area contributed by atoms with Crippen LogP contribution in [0.25, 0.3) is 0 Å². The van der Waals surface area contributed by atoms with Crippen LogP contribution in [0.1, 0.15) is 13.8 Å². The van der Waals surface area contributed by atoms with Crippen LogP contribution < -0.4 is 19.1 Å². The molecule has 0 aliphatic rings. The molecule has 0 saturated carbocycles. The van der Waals surface area contributed by atoms with Gasteiger partial charge in [-0.15, -0.1) is 15.2 Å². The van der Waals surface area contributed by atoms with Gasteiger partial charge in [-0.25, -0.2) is 0 Å². The van der Waals surface area contributed by atoms with Gasteiger partial charge in [0.25, 0.3) is 5.95 Å². The Bertz CT molecular complexity index is 1540. The minimum atomic E-state index is -5.75. The fraction of sp³-hybridized carbons (Fsp3) is 0.192. The maximum Gasteiger partial charge on any atom is 0.516 e. The first-order valence-corrected chi connectivity index (χ1v) is 13.7. The van der Waals surface area contributed by atoms with E-state index in [1.165, 1.54) is 12.1 Å². The monoisotopic (exact) mass is 587 g/mol. The van der Waals surface area contributed by atoms with Gasteiger partial charge in [-0.05, 0) is 56.3 Å². The Morgan fingerprint density at radius 1 is 0.805 bits per heavy atom. The van der Waals surface area contributed by atoms with E-state index in [9.17, 15) is 21.6 Å². The lowest BCUT2D eigenvalue weighted by atomic mass is 10.2. The van der Waals surface area contributed by atoms with Gasteiger partial charge in [-0.2, -0.15) is 31.6 Å². The first kappa shape index (κ1) is 29.2. The molecular weight excluding hydrogens is 563 g/mol. The summed E-state index contributed by atoms with van der Waals surface area (Å²) in [6.45, 7) is 4.76. The van der Waals surface area contributed by atoms with Crippen molar-refractivity contribution in [2.75, 3.05) is 22.7 Å². The molecule has 0 unspecified atom stereocenters. The lowest BCUT2D eigenvalue weighted by Crippen LogP contribution is -2.30. The summed E-state index contributed by atoms with van der Waals surface area (Å²) in [6, 6.07) is 21.0. The van der Waals surface area contributed by atoms with Crippen molar-refractivity contribution >= 4 is 33.0 Å². The number of anilines is 2. The van der Waals surface area contributed by atoms with Crippen molar-refractivity contribution in [3.05, 3.63) is 78.9 Å². The van der Waals surface area contributed by atoms with Crippen molar-refractivity contribution in [2.45, 2.75) is 19.4 Å². The first-order chi connectivity index (χ1) is 19.6. The van der Waals surface area contributed by atoms with E-state index in [1.807, 2.05) is 18.7 Å². The van der Waals surface area contributed by atoms with Crippen LogP contribution in [0, 0.1) is 0 Å². The molecular formula is C26H24F3N7O4S. The summed E-state index contributed by atoms with van der Waals surface area (Å²) in [7, 11) is -5.75. The number of azo groups is 1. The molecule has 0 spiro atoms. The molecule has 0 radical (unpaired) electrons. The van der Waals surface area contributed by atoms with Crippen LogP contribution in [0.4, 0.5) is 36.2 Å². The van der Waals surface area contributed by atoms with Gasteiger partial charge in [0.2, 0.25) is 0 Å². The summed E-state index contributed by atoms with van der Waals surface area (Å²) in [5.74, 6) is 0.500. The molecule has 1 heterocycles. The molecule has 11 nitrogen and oxygen atoms in total. The summed E-state index contributed by atoms with van der Waals surface area (Å²) in [4.78, 5) is 14.1. The fourth-order valence-corrected chi connectivity index (χ4v) is 4.00. The maximum atomic E-state index is 13.2. The molecule has 1 N–H and O–H groups in total. The highest BCUT2D eigenvalue weighted by Crippen LogP contribution is 2.35. The third kappa shape index (κ3) is 7.66. The molecule has 0 saturated heterocycles. The number of hydrogen-bond acceptors (Lipinski definition) is 10. The van der Waals surface area contributed by atoms with Crippen LogP contribution in [0.5, 0.6) is 23.5 Å². The highest BCUT2D eigenvalue weighted by Gasteiger charge is 2.46. The third-order valence-electron chi connectivity index (χ3n) is 5.39. The molecule has 4 aromatic rings. The summed E-state index contributed by atoms with van der Waals surface area (Å²) in [6.07, 6.45) is 0. The second-order valence-corrected chi connectivity index (χ2v) is 9.83. The number of rotatable bonds is 11. The molecule has 0 amide bonds. The van der Waals surface area contributed by atoms with Crippen LogP contribution in [-0.4, -0.2) is 42.0 Å². The lowest BCUT2D eigenvalue weighted by molar-refractivity contribution is -0.0429. The van der Waals surface area contributed by atoms with Gasteiger partial charge in [-0.1, -0.05) is 36.4 Å². The number of benzene rings is 3. The van der Waals surface area contributed by atoms with Crippen molar-refractivity contribution in [3.63, 3.8) is 0 Å². The number of halogens is 3. The molecule has 0 atom stereocenters. The first-order valence-electron chi connectivity index (χ1n) is 12.2. The van der Waals surface area contributed by atoms with Gasteiger partial charge < -0.3 is 14.4 Å². The number of para-hydroxylation sites is 2. The van der Waals surface area contributed by atoms with Crippen LogP contribution >= 0.6 is 0 Å². The number of sulfonamides is 1. The average Bonchev–Trinajstić information content (AvgIpc) is 2.93. The Balaban J connectivity index is 1.73. The van der Waals surface area contributed by atoms with Crippen LogP contribution in [0.15, 0.2) is 89.1 Å². The number of ether oxygens (including phenoxy) is 2. The zero-order valence-electron chi connectivity index (χ0n) is 21.8. The van der Waals surface area contributed by atoms with Crippen LogP contribution in [0.3, 0.4) is 0 Å². The van der Waals surface area contributed by atoms with Crippen molar-refractivity contribution < 1.29 is 31.1 Å². The van der Waals surface area contributed by atoms with E-state index < -0.39 is 21.2 Å². The summed E-state index contributed by atoms with van der Waals surface area (Å²) in [5.41, 5.74) is -5.73. The Morgan fingerprint density at radius 3 is 1.83 bits per heavy atom. The number of aromatic nitrogens is 3. The number of nitrogens with zero attached hydrogens (tertiary/aromatic N) is 6. The molecule has 1 aromatic heterocycles. The molecule has 4 rings (SSSR count). The van der Waals surface area contributed by atoms with Gasteiger partial charge in [0.05, 0.1) is 5.69 Å². The quantitative estimate of drug-likeness (QED) is 0.186. The summed E-state index contributed by atoms with van der Waals surface area (Å²) in [5, 5.41) is 7.86. The molecule has 3 aromatic carbocycles. The average molecular weight is 588 g/mol. The zero-order valence-corrected chi connectivity index (χ0v) is 22.6. The van der Waals surface area contributed by atoms with Gasteiger partial charge in [0.1, 0.15) is 17.2 Å². The number of nitrogens with one attached hydrogen (secondary N) is 1. The van der Waals surface area contributed by atoms with E-state index >= 15 is 0 Å². The van der Waals surface area contributed by atoms with E-state index in [0.717, 1.165) is 0 Å². The minimum Gasteiger partial charge on any atom is -0.424 e. The standard InChI is InChI=1S/C26H24F3N7O4S/c1-3-36(4-2)18-15-16-21(22(17-18)35-41(37,38)26(27,28)29)33-34-23-30-24(39-19-11-7-5-8-12-19)32-25(31-23)40-20-13-9-6-10-14-20/h5-17,35H,3-4H2,1-2H3. The van der Waals surface area contributed by atoms with Gasteiger partial charge in [0, 0.05) is 18.8 Å². The molecule has 41 heavy (non-hydrogen) atoms. The van der Waals surface area contributed by atoms with Crippen LogP contribution in [0.2, 0.25) is 0 Å². The molecule has 0 aliphatic heterocycles. The second kappa shape index (κ2) is 12.6. The molecule has 15 heteroatoms. The second-order valence-electron chi connectivity index (χ2n) is 8.16. The van der Waals surface area contributed by atoms with Crippen LogP contribution in [-0.2, 0) is 10.0 Å². The van der Waals surface area contributed by atoms with E-state index in [2.05, 4.69) is 25.2 Å². The minimum absolute atomic E-state index is 0.194.